The molecule has 0 unspecified atom stereocenters. The molecule has 3 amide bonds. The molecule has 1 aliphatic heterocycles. The number of carbonyl (C=O) groups excluding carboxylic acids is 3. The molecule has 2 fully saturated rings. The molecule has 12 heteroatoms. The number of benzene rings is 2. The number of hydrogen-bond acceptors (Lipinski definition) is 6. The van der Waals surface area contributed by atoms with Gasteiger partial charge in [-0.1, -0.05) is 24.3 Å². The van der Waals surface area contributed by atoms with Gasteiger partial charge < -0.3 is 26.4 Å². The Bertz CT molecular complexity index is 1420. The van der Waals surface area contributed by atoms with Gasteiger partial charge in [-0.25, -0.2) is 13.5 Å². The number of aromatic nitrogens is 2. The van der Waals surface area contributed by atoms with Gasteiger partial charge in [0.15, 0.2) is 0 Å². The van der Waals surface area contributed by atoms with Gasteiger partial charge in [0.1, 0.15) is 34.8 Å². The van der Waals surface area contributed by atoms with Gasteiger partial charge in [0.25, 0.3) is 11.8 Å². The molecule has 2 aromatic carbocycles. The van der Waals surface area contributed by atoms with Gasteiger partial charge in [-0.05, 0) is 30.2 Å². The number of anilines is 1. The van der Waals surface area contributed by atoms with Gasteiger partial charge in [0, 0.05) is 25.2 Å². The number of methoxy groups -OCH3 is 1. The number of nitrogens with zero attached hydrogens (tertiary/aromatic N) is 3. The molecular weight excluding hydrogens is 498 g/mol. The minimum Gasteiger partial charge on any atom is -0.496 e. The molecule has 10 nitrogen and oxygen atoms in total. The fraction of sp³-hybridized carbons (Fsp3) is 0.308. The Morgan fingerprint density at radius 3 is 2.45 bits per heavy atom. The van der Waals surface area contributed by atoms with E-state index in [9.17, 15) is 23.2 Å². The van der Waals surface area contributed by atoms with E-state index in [1.165, 1.54) is 23.9 Å². The number of nitrogens with two attached hydrogens (primary N) is 2. The minimum absolute atomic E-state index is 0.0695. The lowest BCUT2D eigenvalue weighted by Gasteiger charge is -2.39. The standard InChI is InChI=1S/C26H26F2N6O4/c1-38-20-7-6-15(27)8-18(20)25(36)31-10-13-2-4-14(5-3-13)22-21(24(30)35)23(29)34(32-22)16-11-33(12-16)26(37)17-9-19(17)28/h2-8,16-17,19H,9-12,29H2,1H3,(H2,30,35)(H,31,36)/t17-,19-/m1/s1. The van der Waals surface area contributed by atoms with Crippen LogP contribution in [0.4, 0.5) is 14.6 Å². The van der Waals surface area contributed by atoms with E-state index in [2.05, 4.69) is 10.4 Å². The van der Waals surface area contributed by atoms with Gasteiger partial charge >= 0.3 is 0 Å². The molecule has 3 aromatic rings. The maximum atomic E-state index is 13.6. The highest BCUT2D eigenvalue weighted by Gasteiger charge is 2.48. The van der Waals surface area contributed by atoms with Crippen molar-refractivity contribution in [3.63, 3.8) is 0 Å². The summed E-state index contributed by atoms with van der Waals surface area (Å²) in [4.78, 5) is 38.5. The van der Waals surface area contributed by atoms with Crippen molar-refractivity contribution in [2.24, 2.45) is 11.7 Å². The van der Waals surface area contributed by atoms with E-state index >= 15 is 0 Å². The molecule has 198 valence electrons. The predicted molar refractivity (Wildman–Crippen MR) is 133 cm³/mol. The number of nitrogen functional groups attached to an aromatic ring is 1. The Morgan fingerprint density at radius 2 is 1.84 bits per heavy atom. The predicted octanol–water partition coefficient (Wildman–Crippen LogP) is 2.05. The second-order valence-corrected chi connectivity index (χ2v) is 9.40. The lowest BCUT2D eigenvalue weighted by molar-refractivity contribution is -0.139. The third-order valence-corrected chi connectivity index (χ3v) is 6.83. The van der Waals surface area contributed by atoms with Crippen LogP contribution in [-0.4, -0.2) is 58.8 Å². The Kier molecular flexibility index (Phi) is 6.47. The number of rotatable bonds is 8. The van der Waals surface area contributed by atoms with Crippen molar-refractivity contribution in [3.8, 4) is 17.0 Å². The molecule has 0 bridgehead atoms. The second-order valence-electron chi connectivity index (χ2n) is 9.40. The molecule has 1 saturated carbocycles. The number of alkyl halides is 1. The summed E-state index contributed by atoms with van der Waals surface area (Å²) >= 11 is 0. The lowest BCUT2D eigenvalue weighted by atomic mass is 10.0. The molecule has 2 atom stereocenters. The van der Waals surface area contributed by atoms with E-state index in [4.69, 9.17) is 16.2 Å². The van der Waals surface area contributed by atoms with Crippen LogP contribution in [0.2, 0.25) is 0 Å². The Labute approximate surface area is 216 Å². The monoisotopic (exact) mass is 524 g/mol. The second kappa shape index (κ2) is 9.77. The van der Waals surface area contributed by atoms with Crippen LogP contribution in [0.5, 0.6) is 5.75 Å². The van der Waals surface area contributed by atoms with E-state index < -0.39 is 29.7 Å². The van der Waals surface area contributed by atoms with Crippen molar-refractivity contribution in [1.82, 2.24) is 20.0 Å². The number of carbonyl (C=O) groups is 3. The summed E-state index contributed by atoms with van der Waals surface area (Å²) in [6.45, 7) is 0.797. The van der Waals surface area contributed by atoms with Gasteiger partial charge in [-0.2, -0.15) is 5.10 Å². The summed E-state index contributed by atoms with van der Waals surface area (Å²) in [5.74, 6) is -2.21. The van der Waals surface area contributed by atoms with Crippen LogP contribution in [0.3, 0.4) is 0 Å². The minimum atomic E-state index is -1.06. The molecule has 2 heterocycles. The molecule has 1 aliphatic carbocycles. The number of halogens is 2. The fourth-order valence-electron chi connectivity index (χ4n) is 4.53. The van der Waals surface area contributed by atoms with Crippen LogP contribution < -0.4 is 21.5 Å². The van der Waals surface area contributed by atoms with Crippen molar-refractivity contribution in [2.75, 3.05) is 25.9 Å². The number of likely N-dealkylation sites (tertiary alicyclic amines) is 1. The first-order valence-electron chi connectivity index (χ1n) is 12.0. The fourth-order valence-corrected chi connectivity index (χ4v) is 4.53. The first kappa shape index (κ1) is 25.2. The summed E-state index contributed by atoms with van der Waals surface area (Å²) < 4.78 is 33.4. The van der Waals surface area contributed by atoms with Crippen LogP contribution in [0.25, 0.3) is 11.3 Å². The number of primary amides is 1. The highest BCUT2D eigenvalue weighted by molar-refractivity contribution is 6.03. The largest absolute Gasteiger partial charge is 0.496 e. The van der Waals surface area contributed by atoms with E-state index in [1.54, 1.807) is 29.2 Å². The van der Waals surface area contributed by atoms with Crippen molar-refractivity contribution in [2.45, 2.75) is 25.2 Å². The summed E-state index contributed by atoms with van der Waals surface area (Å²) in [7, 11) is 1.40. The van der Waals surface area contributed by atoms with Gasteiger partial charge in [-0.15, -0.1) is 0 Å². The third kappa shape index (κ3) is 4.64. The molecule has 5 rings (SSSR count). The van der Waals surface area contributed by atoms with Crippen LogP contribution in [-0.2, 0) is 11.3 Å². The number of ether oxygens (including phenoxy) is 1. The van der Waals surface area contributed by atoms with E-state index in [-0.39, 0.29) is 47.6 Å². The zero-order valence-corrected chi connectivity index (χ0v) is 20.5. The Hall–Kier alpha value is -4.48. The first-order chi connectivity index (χ1) is 18.2. The zero-order valence-electron chi connectivity index (χ0n) is 20.5. The quantitative estimate of drug-likeness (QED) is 0.411. The average molecular weight is 525 g/mol. The summed E-state index contributed by atoms with van der Waals surface area (Å²) in [5.41, 5.74) is 13.6. The molecule has 2 aliphatic rings. The molecule has 1 aromatic heterocycles. The van der Waals surface area contributed by atoms with Crippen molar-refractivity contribution < 1.29 is 27.9 Å². The molecule has 38 heavy (non-hydrogen) atoms. The van der Waals surface area contributed by atoms with Gasteiger partial charge in [0.05, 0.1) is 24.6 Å². The van der Waals surface area contributed by atoms with Crippen LogP contribution in [0, 0.1) is 11.7 Å². The molecule has 0 radical (unpaired) electrons. The van der Waals surface area contributed by atoms with Gasteiger partial charge in [0.2, 0.25) is 5.91 Å². The third-order valence-electron chi connectivity index (χ3n) is 6.83. The maximum Gasteiger partial charge on any atom is 0.255 e. The Balaban J connectivity index is 1.29. The van der Waals surface area contributed by atoms with Crippen molar-refractivity contribution in [3.05, 3.63) is 65.0 Å². The lowest BCUT2D eigenvalue weighted by Crippen LogP contribution is -2.52. The van der Waals surface area contributed by atoms with Crippen LogP contribution in [0.15, 0.2) is 42.5 Å². The first-order valence-corrected chi connectivity index (χ1v) is 12.0. The molecular formula is C26H26F2N6O4. The number of nitrogens with one attached hydrogen (secondary N) is 1. The number of hydrogen-bond donors (Lipinski definition) is 3. The average Bonchev–Trinajstić information content (AvgIpc) is 3.51. The molecule has 0 spiro atoms. The number of amides is 3. The van der Waals surface area contributed by atoms with Crippen LogP contribution >= 0.6 is 0 Å². The Morgan fingerprint density at radius 1 is 1.16 bits per heavy atom. The normalized spacial score (nSPS) is 18.6. The molecule has 5 N–H and O–H groups in total. The van der Waals surface area contributed by atoms with Crippen LogP contribution in [0.1, 0.15) is 38.7 Å². The maximum absolute atomic E-state index is 13.6. The SMILES string of the molecule is COc1ccc(F)cc1C(=O)NCc1ccc(-c2nn(C3CN(C(=O)[C@@H]4C[C@H]4F)C3)c(N)c2C(N)=O)cc1. The van der Waals surface area contributed by atoms with Crippen molar-refractivity contribution in [1.29, 1.82) is 0 Å². The van der Waals surface area contributed by atoms with E-state index in [0.717, 1.165) is 11.6 Å². The summed E-state index contributed by atoms with van der Waals surface area (Å²) in [6.07, 6.45) is -0.803. The smallest absolute Gasteiger partial charge is 0.255 e. The van der Waals surface area contributed by atoms with Gasteiger partial charge in [-0.3, -0.25) is 14.4 Å². The topological polar surface area (TPSA) is 146 Å². The van der Waals surface area contributed by atoms with E-state index in [0.29, 0.717) is 24.3 Å². The highest BCUT2D eigenvalue weighted by atomic mass is 19.1. The highest BCUT2D eigenvalue weighted by Crippen LogP contribution is 2.39. The molecule has 1 saturated heterocycles. The zero-order chi connectivity index (χ0) is 27.1. The van der Waals surface area contributed by atoms with E-state index in [1.807, 2.05) is 0 Å². The summed E-state index contributed by atoms with van der Waals surface area (Å²) in [6, 6.07) is 10.4. The summed E-state index contributed by atoms with van der Waals surface area (Å²) in [5, 5.41) is 7.25. The van der Waals surface area contributed by atoms with Crippen molar-refractivity contribution >= 4 is 23.5 Å².